The van der Waals surface area contributed by atoms with Crippen molar-refractivity contribution >= 4 is 10.9 Å². The third-order valence-corrected chi connectivity index (χ3v) is 5.90. The number of piperidine rings is 1. The Bertz CT molecular complexity index is 927. The van der Waals surface area contributed by atoms with Crippen LogP contribution in [0.2, 0.25) is 0 Å². The topological polar surface area (TPSA) is 60.6 Å². The summed E-state index contributed by atoms with van der Waals surface area (Å²) in [6.07, 6.45) is 8.01. The number of likely N-dealkylation sites (tertiary alicyclic amines) is 1. The molecule has 2 aromatic carbocycles. The summed E-state index contributed by atoms with van der Waals surface area (Å²) >= 11 is 0. The molecule has 2 N–H and O–H groups in total. The third-order valence-electron chi connectivity index (χ3n) is 5.90. The molecule has 1 unspecified atom stereocenters. The molecule has 0 spiro atoms. The highest BCUT2D eigenvalue weighted by atomic mass is 16.5. The zero-order valence-corrected chi connectivity index (χ0v) is 19.5. The lowest BCUT2D eigenvalue weighted by Gasteiger charge is -2.26. The van der Waals surface area contributed by atoms with Gasteiger partial charge in [-0.05, 0) is 80.7 Å². The highest BCUT2D eigenvalue weighted by Crippen LogP contribution is 2.26. The van der Waals surface area contributed by atoms with Crippen LogP contribution in [0.15, 0.2) is 60.8 Å². The van der Waals surface area contributed by atoms with Gasteiger partial charge in [-0.2, -0.15) is 0 Å². The Morgan fingerprint density at radius 1 is 1.00 bits per heavy atom. The smallest absolute Gasteiger partial charge is 0.119 e. The molecule has 1 aliphatic heterocycles. The SMILES string of the molecule is CCC(N)c1ccnc2ccc(OC)cc12.c1ccc(OCCCN2CCCCC2)cc1. The number of methoxy groups -OCH3 is 1. The fourth-order valence-electron chi connectivity index (χ4n) is 3.99. The molecular formula is C27H37N3O2. The second-order valence-electron chi connectivity index (χ2n) is 8.22. The van der Waals surface area contributed by atoms with Crippen molar-refractivity contribution in [3.63, 3.8) is 0 Å². The van der Waals surface area contributed by atoms with E-state index in [0.29, 0.717) is 0 Å². The standard InChI is InChI=1S/C14H21NO.C13H16N2O/c1-3-8-14(9-4-1)16-13-7-12-15-10-5-2-6-11-15;1-3-12(14)10-6-7-15-13-5-4-9(16-2)8-11(10)13/h1,3-4,8-9H,2,5-7,10-13H2;4-8,12H,3,14H2,1-2H3. The molecule has 0 aliphatic carbocycles. The van der Waals surface area contributed by atoms with E-state index in [0.717, 1.165) is 47.4 Å². The molecule has 0 bridgehead atoms. The van der Waals surface area contributed by atoms with E-state index in [9.17, 15) is 0 Å². The van der Waals surface area contributed by atoms with Crippen LogP contribution < -0.4 is 15.2 Å². The van der Waals surface area contributed by atoms with E-state index in [1.165, 1.54) is 38.9 Å². The maximum Gasteiger partial charge on any atom is 0.119 e. The van der Waals surface area contributed by atoms with Crippen LogP contribution in [0.25, 0.3) is 10.9 Å². The summed E-state index contributed by atoms with van der Waals surface area (Å²) in [6, 6.07) is 18.0. The van der Waals surface area contributed by atoms with Crippen LogP contribution >= 0.6 is 0 Å². The summed E-state index contributed by atoms with van der Waals surface area (Å²) in [4.78, 5) is 6.88. The van der Waals surface area contributed by atoms with Gasteiger partial charge in [0.15, 0.2) is 0 Å². The molecule has 1 aliphatic rings. The molecule has 32 heavy (non-hydrogen) atoms. The van der Waals surface area contributed by atoms with Gasteiger partial charge >= 0.3 is 0 Å². The molecule has 1 atom stereocenters. The highest BCUT2D eigenvalue weighted by Gasteiger charge is 2.10. The van der Waals surface area contributed by atoms with Crippen LogP contribution in [0.4, 0.5) is 0 Å². The van der Waals surface area contributed by atoms with Gasteiger partial charge in [-0.3, -0.25) is 4.98 Å². The first-order valence-corrected chi connectivity index (χ1v) is 11.8. The molecule has 5 nitrogen and oxygen atoms in total. The number of rotatable bonds is 8. The number of pyridine rings is 1. The van der Waals surface area contributed by atoms with Crippen LogP contribution in [0.3, 0.4) is 0 Å². The summed E-state index contributed by atoms with van der Waals surface area (Å²) in [5, 5.41) is 1.08. The molecule has 1 aromatic heterocycles. The third kappa shape index (κ3) is 7.21. The second-order valence-corrected chi connectivity index (χ2v) is 8.22. The average molecular weight is 436 g/mol. The Morgan fingerprint density at radius 2 is 1.78 bits per heavy atom. The Labute approximate surface area is 192 Å². The fourth-order valence-corrected chi connectivity index (χ4v) is 3.99. The van der Waals surface area contributed by atoms with Gasteiger partial charge in [0.25, 0.3) is 0 Å². The van der Waals surface area contributed by atoms with Crippen LogP contribution in [0.5, 0.6) is 11.5 Å². The quantitative estimate of drug-likeness (QED) is 0.467. The summed E-state index contributed by atoms with van der Waals surface area (Å²) in [6.45, 7) is 6.67. The largest absolute Gasteiger partial charge is 0.497 e. The molecule has 172 valence electrons. The van der Waals surface area contributed by atoms with Crippen molar-refractivity contribution in [2.24, 2.45) is 5.73 Å². The Morgan fingerprint density at radius 3 is 2.50 bits per heavy atom. The number of hydrogen-bond donors (Lipinski definition) is 1. The molecule has 2 heterocycles. The Kier molecular flexibility index (Phi) is 9.79. The van der Waals surface area contributed by atoms with Gasteiger partial charge in [0.1, 0.15) is 11.5 Å². The number of nitrogens with two attached hydrogens (primary N) is 1. The molecule has 0 radical (unpaired) electrons. The molecule has 5 heteroatoms. The van der Waals surface area contributed by atoms with Crippen LogP contribution in [-0.4, -0.2) is 43.2 Å². The van der Waals surface area contributed by atoms with Gasteiger partial charge in [-0.25, -0.2) is 0 Å². The lowest BCUT2D eigenvalue weighted by Crippen LogP contribution is -2.31. The predicted molar refractivity (Wildman–Crippen MR) is 132 cm³/mol. The molecule has 1 saturated heterocycles. The van der Waals surface area contributed by atoms with E-state index in [1.54, 1.807) is 13.3 Å². The van der Waals surface area contributed by atoms with Gasteiger partial charge < -0.3 is 20.1 Å². The Hall–Kier alpha value is -2.63. The van der Waals surface area contributed by atoms with Gasteiger partial charge in [-0.1, -0.05) is 31.5 Å². The number of hydrogen-bond acceptors (Lipinski definition) is 5. The predicted octanol–water partition coefficient (Wildman–Crippen LogP) is 5.59. The molecule has 0 saturated carbocycles. The van der Waals surface area contributed by atoms with E-state index in [1.807, 2.05) is 54.6 Å². The van der Waals surface area contributed by atoms with Crippen molar-refractivity contribution in [1.82, 2.24) is 9.88 Å². The zero-order valence-electron chi connectivity index (χ0n) is 19.5. The van der Waals surface area contributed by atoms with Gasteiger partial charge in [0, 0.05) is 24.2 Å². The number of benzene rings is 2. The number of ether oxygens (including phenoxy) is 2. The van der Waals surface area contributed by atoms with Crippen molar-refractivity contribution in [2.75, 3.05) is 33.4 Å². The summed E-state index contributed by atoms with van der Waals surface area (Å²) in [7, 11) is 1.66. The first-order valence-electron chi connectivity index (χ1n) is 11.8. The van der Waals surface area contributed by atoms with Crippen molar-refractivity contribution in [3.05, 3.63) is 66.4 Å². The maximum atomic E-state index is 6.08. The van der Waals surface area contributed by atoms with E-state index in [2.05, 4.69) is 16.8 Å². The molecule has 1 fully saturated rings. The Balaban J connectivity index is 0.000000181. The van der Waals surface area contributed by atoms with E-state index in [4.69, 9.17) is 15.2 Å². The van der Waals surface area contributed by atoms with E-state index < -0.39 is 0 Å². The lowest BCUT2D eigenvalue weighted by atomic mass is 10.0. The first kappa shape index (κ1) is 24.0. The maximum absolute atomic E-state index is 6.08. The first-order chi connectivity index (χ1) is 15.7. The molecule has 0 amide bonds. The fraction of sp³-hybridized carbons (Fsp3) is 0.444. The van der Waals surface area contributed by atoms with E-state index >= 15 is 0 Å². The zero-order chi connectivity index (χ0) is 22.6. The van der Waals surface area contributed by atoms with Crippen molar-refractivity contribution in [3.8, 4) is 11.5 Å². The molecule has 3 aromatic rings. The number of fused-ring (bicyclic) bond motifs is 1. The number of aromatic nitrogens is 1. The van der Waals surface area contributed by atoms with E-state index in [-0.39, 0.29) is 6.04 Å². The highest BCUT2D eigenvalue weighted by molar-refractivity contribution is 5.83. The summed E-state index contributed by atoms with van der Waals surface area (Å²) in [5.74, 6) is 1.83. The van der Waals surface area contributed by atoms with Crippen molar-refractivity contribution in [2.45, 2.75) is 45.1 Å². The van der Waals surface area contributed by atoms with Crippen LogP contribution in [0.1, 0.15) is 50.6 Å². The lowest BCUT2D eigenvalue weighted by molar-refractivity contribution is 0.205. The normalized spacial score (nSPS) is 15.0. The molecule has 4 rings (SSSR count). The minimum Gasteiger partial charge on any atom is -0.497 e. The summed E-state index contributed by atoms with van der Waals surface area (Å²) < 4.78 is 10.9. The van der Waals surface area contributed by atoms with Crippen molar-refractivity contribution < 1.29 is 9.47 Å². The van der Waals surface area contributed by atoms with Crippen LogP contribution in [-0.2, 0) is 0 Å². The summed E-state index contributed by atoms with van der Waals surface area (Å²) in [5.41, 5.74) is 8.17. The number of para-hydroxylation sites is 1. The minimum atomic E-state index is 0.0533. The minimum absolute atomic E-state index is 0.0533. The van der Waals surface area contributed by atoms with Gasteiger partial charge in [0.05, 0.1) is 19.2 Å². The van der Waals surface area contributed by atoms with Crippen molar-refractivity contribution in [1.29, 1.82) is 0 Å². The average Bonchev–Trinajstić information content (AvgIpc) is 2.87. The molecular weight excluding hydrogens is 398 g/mol. The number of nitrogens with zero attached hydrogens (tertiary/aromatic N) is 2. The van der Waals surface area contributed by atoms with Gasteiger partial charge in [-0.15, -0.1) is 0 Å². The van der Waals surface area contributed by atoms with Gasteiger partial charge in [0.2, 0.25) is 0 Å². The second kappa shape index (κ2) is 13.0. The monoisotopic (exact) mass is 435 g/mol. The van der Waals surface area contributed by atoms with Crippen LogP contribution in [0, 0.1) is 0 Å².